The summed E-state index contributed by atoms with van der Waals surface area (Å²) in [6.45, 7) is 1.38. The molecule has 0 bridgehead atoms. The largest absolute Gasteiger partial charge is 0.359 e. The second kappa shape index (κ2) is 5.99. The summed E-state index contributed by atoms with van der Waals surface area (Å²) in [5, 5.41) is 7.02. The molecule has 0 radical (unpaired) electrons. The SMILES string of the molecule is CNC(=O)CC(=O)NCNC(C)=O. The Kier molecular flexibility index (Phi) is 5.25. The van der Waals surface area contributed by atoms with E-state index in [0.717, 1.165) is 0 Å². The van der Waals surface area contributed by atoms with Gasteiger partial charge in [0.05, 0.1) is 6.67 Å². The van der Waals surface area contributed by atoms with Crippen molar-refractivity contribution in [2.24, 2.45) is 0 Å². The number of amides is 3. The molecule has 0 aliphatic heterocycles. The van der Waals surface area contributed by atoms with E-state index in [2.05, 4.69) is 16.0 Å². The number of hydrogen-bond donors (Lipinski definition) is 3. The zero-order valence-electron chi connectivity index (χ0n) is 7.64. The van der Waals surface area contributed by atoms with Gasteiger partial charge in [-0.05, 0) is 0 Å². The molecule has 0 saturated heterocycles. The topological polar surface area (TPSA) is 87.3 Å². The van der Waals surface area contributed by atoms with E-state index < -0.39 is 5.91 Å². The maximum atomic E-state index is 10.9. The van der Waals surface area contributed by atoms with Crippen LogP contribution in [0.5, 0.6) is 0 Å². The van der Waals surface area contributed by atoms with Crippen LogP contribution in [0.15, 0.2) is 0 Å². The Bertz CT molecular complexity index is 215. The van der Waals surface area contributed by atoms with Crippen molar-refractivity contribution in [2.45, 2.75) is 13.3 Å². The lowest BCUT2D eigenvalue weighted by Gasteiger charge is -2.04. The van der Waals surface area contributed by atoms with Crippen molar-refractivity contribution < 1.29 is 14.4 Å². The van der Waals surface area contributed by atoms with Crippen molar-refractivity contribution in [1.29, 1.82) is 0 Å². The second-order valence-electron chi connectivity index (χ2n) is 2.36. The van der Waals surface area contributed by atoms with E-state index in [9.17, 15) is 14.4 Å². The van der Waals surface area contributed by atoms with Gasteiger partial charge in [-0.25, -0.2) is 0 Å². The summed E-state index contributed by atoms with van der Waals surface area (Å²) in [5.74, 6) is -1.02. The highest BCUT2D eigenvalue weighted by atomic mass is 16.2. The first-order valence-electron chi connectivity index (χ1n) is 3.78. The zero-order chi connectivity index (χ0) is 10.3. The van der Waals surface area contributed by atoms with Crippen LogP contribution >= 0.6 is 0 Å². The molecule has 0 heterocycles. The molecular weight excluding hydrogens is 174 g/mol. The Hall–Kier alpha value is -1.59. The van der Waals surface area contributed by atoms with Crippen molar-refractivity contribution in [2.75, 3.05) is 13.7 Å². The number of nitrogens with one attached hydrogen (secondary N) is 3. The normalized spacial score (nSPS) is 8.77. The molecule has 74 valence electrons. The first kappa shape index (κ1) is 11.4. The Morgan fingerprint density at radius 3 is 2.15 bits per heavy atom. The number of carbonyl (C=O) groups is 3. The van der Waals surface area contributed by atoms with Crippen LogP contribution < -0.4 is 16.0 Å². The van der Waals surface area contributed by atoms with E-state index >= 15 is 0 Å². The molecule has 0 saturated carbocycles. The number of carbonyl (C=O) groups excluding carboxylic acids is 3. The summed E-state index contributed by atoms with van der Waals surface area (Å²) in [5.41, 5.74) is 0. The monoisotopic (exact) mass is 187 g/mol. The highest BCUT2D eigenvalue weighted by Gasteiger charge is 2.05. The molecule has 0 aliphatic rings. The van der Waals surface area contributed by atoms with Crippen LogP contribution in [0.25, 0.3) is 0 Å². The minimum atomic E-state index is -0.423. The fourth-order valence-electron chi connectivity index (χ4n) is 0.564. The molecule has 6 nitrogen and oxygen atoms in total. The average Bonchev–Trinajstić information content (AvgIpc) is 2.03. The van der Waals surface area contributed by atoms with Crippen molar-refractivity contribution in [3.63, 3.8) is 0 Å². The van der Waals surface area contributed by atoms with E-state index in [0.29, 0.717) is 0 Å². The molecule has 6 heteroatoms. The van der Waals surface area contributed by atoms with Gasteiger partial charge in [0.2, 0.25) is 17.7 Å². The molecule has 3 amide bonds. The predicted molar refractivity (Wildman–Crippen MR) is 45.5 cm³/mol. The molecule has 3 N–H and O–H groups in total. The molecule has 0 aromatic rings. The van der Waals surface area contributed by atoms with Gasteiger partial charge in [0.25, 0.3) is 0 Å². The van der Waals surface area contributed by atoms with Gasteiger partial charge >= 0.3 is 0 Å². The maximum absolute atomic E-state index is 10.9. The molecule has 0 unspecified atom stereocenters. The maximum Gasteiger partial charge on any atom is 0.230 e. The third-order valence-electron chi connectivity index (χ3n) is 1.22. The molecule has 0 atom stereocenters. The van der Waals surface area contributed by atoms with Gasteiger partial charge in [-0.1, -0.05) is 0 Å². The summed E-state index contributed by atoms with van der Waals surface area (Å²) in [4.78, 5) is 31.9. The summed E-state index contributed by atoms with van der Waals surface area (Å²) in [6.07, 6.45) is -0.226. The van der Waals surface area contributed by atoms with Gasteiger partial charge < -0.3 is 16.0 Å². The lowest BCUT2D eigenvalue weighted by Crippen LogP contribution is -2.38. The van der Waals surface area contributed by atoms with Gasteiger partial charge in [0, 0.05) is 14.0 Å². The van der Waals surface area contributed by atoms with Gasteiger partial charge in [-0.15, -0.1) is 0 Å². The minimum absolute atomic E-state index is 0.0468. The molecule has 0 aliphatic carbocycles. The van der Waals surface area contributed by atoms with E-state index in [1.54, 1.807) is 0 Å². The fourth-order valence-corrected chi connectivity index (χ4v) is 0.564. The third-order valence-corrected chi connectivity index (χ3v) is 1.22. The van der Waals surface area contributed by atoms with Crippen LogP contribution in [0, 0.1) is 0 Å². The predicted octanol–water partition coefficient (Wildman–Crippen LogP) is -1.67. The summed E-state index contributed by atoms with van der Waals surface area (Å²) >= 11 is 0. The standard InChI is InChI=1S/C7H13N3O3/c1-5(11)9-4-10-7(13)3-6(12)8-2/h3-4H2,1-2H3,(H,8,12)(H,9,11)(H,10,13). The summed E-state index contributed by atoms with van der Waals surface area (Å²) in [6, 6.07) is 0. The van der Waals surface area contributed by atoms with Gasteiger partial charge in [0.15, 0.2) is 0 Å². The Morgan fingerprint density at radius 2 is 1.69 bits per heavy atom. The highest BCUT2D eigenvalue weighted by molar-refractivity contribution is 5.96. The van der Waals surface area contributed by atoms with Crippen LogP contribution in [0.4, 0.5) is 0 Å². The quantitative estimate of drug-likeness (QED) is 0.363. The third kappa shape index (κ3) is 6.79. The van der Waals surface area contributed by atoms with Gasteiger partial charge in [-0.2, -0.15) is 0 Å². The highest BCUT2D eigenvalue weighted by Crippen LogP contribution is 1.77. The van der Waals surface area contributed by atoms with Crippen molar-refractivity contribution in [3.8, 4) is 0 Å². The number of rotatable bonds is 4. The van der Waals surface area contributed by atoms with E-state index in [1.807, 2.05) is 0 Å². The smallest absolute Gasteiger partial charge is 0.230 e. The Morgan fingerprint density at radius 1 is 1.08 bits per heavy atom. The molecular formula is C7H13N3O3. The van der Waals surface area contributed by atoms with Crippen molar-refractivity contribution in [3.05, 3.63) is 0 Å². The first-order chi connectivity index (χ1) is 6.06. The van der Waals surface area contributed by atoms with Gasteiger partial charge in [-0.3, -0.25) is 14.4 Å². The second-order valence-corrected chi connectivity index (χ2v) is 2.36. The zero-order valence-corrected chi connectivity index (χ0v) is 7.64. The van der Waals surface area contributed by atoms with Crippen LogP contribution in [0.3, 0.4) is 0 Å². The summed E-state index contributed by atoms with van der Waals surface area (Å²) in [7, 11) is 1.45. The van der Waals surface area contributed by atoms with Crippen molar-refractivity contribution >= 4 is 17.7 Å². The van der Waals surface area contributed by atoms with Crippen LogP contribution in [0.1, 0.15) is 13.3 Å². The summed E-state index contributed by atoms with van der Waals surface area (Å²) < 4.78 is 0. The van der Waals surface area contributed by atoms with E-state index in [4.69, 9.17) is 0 Å². The average molecular weight is 187 g/mol. The minimum Gasteiger partial charge on any atom is -0.359 e. The van der Waals surface area contributed by atoms with Crippen LogP contribution in [-0.2, 0) is 14.4 Å². The Labute approximate surface area is 76.1 Å². The van der Waals surface area contributed by atoms with Crippen LogP contribution in [0.2, 0.25) is 0 Å². The lowest BCUT2D eigenvalue weighted by atomic mass is 10.4. The lowest BCUT2D eigenvalue weighted by molar-refractivity contribution is -0.129. The fraction of sp³-hybridized carbons (Fsp3) is 0.571. The van der Waals surface area contributed by atoms with E-state index in [-0.39, 0.29) is 24.9 Å². The molecule has 0 aromatic heterocycles. The number of hydrogen-bond acceptors (Lipinski definition) is 3. The van der Waals surface area contributed by atoms with Crippen molar-refractivity contribution in [1.82, 2.24) is 16.0 Å². The molecule has 0 spiro atoms. The molecule has 0 aromatic carbocycles. The molecule has 0 fully saturated rings. The molecule has 13 heavy (non-hydrogen) atoms. The molecule has 0 rings (SSSR count). The van der Waals surface area contributed by atoms with Gasteiger partial charge in [0.1, 0.15) is 6.42 Å². The first-order valence-corrected chi connectivity index (χ1v) is 3.78. The Balaban J connectivity index is 3.52. The van der Waals surface area contributed by atoms with Crippen LogP contribution in [-0.4, -0.2) is 31.4 Å². The van der Waals surface area contributed by atoms with E-state index in [1.165, 1.54) is 14.0 Å².